The standard InChI is InChI=1S/C32H39F2N7/c1-3-38-12-9-24(10-13-38)26-18-28(32-27(19-35)21-37-41(32)22-26)25(20-36-2)6-5-11-39-14-16-40(17-15-39)23-29-30(33)7-4-8-31(29)34/h5-7,9,18,20-22,36H,3-4,8,10-17,23H2,1-2H3/b6-5-,25-20+. The Morgan fingerprint density at radius 3 is 2.59 bits per heavy atom. The van der Waals surface area contributed by atoms with Crippen LogP contribution in [0.25, 0.3) is 16.7 Å². The SMILES string of the molecule is CCN1CC=C(c2cc(C(/C=C\CN3CCN(CC4=C(F)CCC=C4F)CC3)=C/NC)c3c(C#N)cnn3c2)CC1. The van der Waals surface area contributed by atoms with Crippen LogP contribution in [0, 0.1) is 11.3 Å². The number of aromatic nitrogens is 2. The van der Waals surface area contributed by atoms with Crippen molar-refractivity contribution >= 4 is 16.7 Å². The molecule has 0 radical (unpaired) electrons. The second kappa shape index (κ2) is 13.4. The zero-order valence-electron chi connectivity index (χ0n) is 24.0. The van der Waals surface area contributed by atoms with E-state index in [1.165, 1.54) is 11.6 Å². The Hall–Kier alpha value is -3.58. The van der Waals surface area contributed by atoms with Gasteiger partial charge in [-0.15, -0.1) is 0 Å². The average molecular weight is 560 g/mol. The number of nitrogens with one attached hydrogen (secondary N) is 1. The Balaban J connectivity index is 1.30. The van der Waals surface area contributed by atoms with E-state index in [1.54, 1.807) is 6.20 Å². The summed E-state index contributed by atoms with van der Waals surface area (Å²) in [7, 11) is 1.88. The number of likely N-dealkylation sites (N-methyl/N-ethyl adjacent to an activating group) is 1. The third kappa shape index (κ3) is 6.67. The second-order valence-electron chi connectivity index (χ2n) is 10.8. The number of piperazine rings is 1. The Bertz CT molecular complexity index is 1450. The van der Waals surface area contributed by atoms with Gasteiger partial charge in [0, 0.05) is 89.4 Å². The average Bonchev–Trinajstić information content (AvgIpc) is 3.42. The van der Waals surface area contributed by atoms with Crippen molar-refractivity contribution in [3.05, 3.63) is 82.9 Å². The van der Waals surface area contributed by atoms with Crippen LogP contribution >= 0.6 is 0 Å². The first-order valence-electron chi connectivity index (χ1n) is 14.6. The molecule has 0 unspecified atom stereocenters. The number of nitrogens with zero attached hydrogens (tertiary/aromatic N) is 6. The van der Waals surface area contributed by atoms with Gasteiger partial charge in [0.25, 0.3) is 0 Å². The maximum atomic E-state index is 14.2. The van der Waals surface area contributed by atoms with Crippen molar-refractivity contribution in [3.8, 4) is 6.07 Å². The molecule has 2 aromatic heterocycles. The van der Waals surface area contributed by atoms with E-state index in [-0.39, 0.29) is 11.4 Å². The summed E-state index contributed by atoms with van der Waals surface area (Å²) in [4.78, 5) is 6.89. The van der Waals surface area contributed by atoms with Crippen LogP contribution in [0.1, 0.15) is 42.9 Å². The minimum atomic E-state index is -0.401. The third-order valence-corrected chi connectivity index (χ3v) is 8.27. The number of rotatable bonds is 9. The zero-order valence-corrected chi connectivity index (χ0v) is 24.0. The molecule has 2 aromatic rings. The van der Waals surface area contributed by atoms with Crippen molar-refractivity contribution in [2.75, 3.05) is 66.0 Å². The summed E-state index contributed by atoms with van der Waals surface area (Å²) in [6, 6.07) is 4.49. The van der Waals surface area contributed by atoms with E-state index >= 15 is 0 Å². The molecule has 41 heavy (non-hydrogen) atoms. The molecule has 0 aromatic carbocycles. The largest absolute Gasteiger partial charge is 0.393 e. The van der Waals surface area contributed by atoms with Crippen molar-refractivity contribution in [2.24, 2.45) is 0 Å². The van der Waals surface area contributed by atoms with Crippen LogP contribution in [0.3, 0.4) is 0 Å². The van der Waals surface area contributed by atoms with Gasteiger partial charge in [0.2, 0.25) is 0 Å². The highest BCUT2D eigenvalue weighted by Crippen LogP contribution is 2.31. The Morgan fingerprint density at radius 1 is 1.10 bits per heavy atom. The molecule has 0 atom stereocenters. The first-order valence-corrected chi connectivity index (χ1v) is 14.6. The monoisotopic (exact) mass is 559 g/mol. The highest BCUT2D eigenvalue weighted by Gasteiger charge is 2.23. The highest BCUT2D eigenvalue weighted by atomic mass is 19.1. The summed E-state index contributed by atoms with van der Waals surface area (Å²) >= 11 is 0. The van der Waals surface area contributed by atoms with Crippen LogP contribution in [0.4, 0.5) is 8.78 Å². The van der Waals surface area contributed by atoms with Gasteiger partial charge in [-0.1, -0.05) is 25.2 Å². The fourth-order valence-corrected chi connectivity index (χ4v) is 5.80. The molecule has 0 amide bonds. The molecule has 0 saturated carbocycles. The van der Waals surface area contributed by atoms with Crippen molar-refractivity contribution in [1.82, 2.24) is 29.6 Å². The Labute approximate surface area is 241 Å². The molecular formula is C32H39F2N7. The Morgan fingerprint density at radius 2 is 1.90 bits per heavy atom. The number of fused-ring (bicyclic) bond motifs is 1. The van der Waals surface area contributed by atoms with E-state index in [9.17, 15) is 14.0 Å². The molecule has 0 bridgehead atoms. The van der Waals surface area contributed by atoms with E-state index in [0.717, 1.165) is 81.0 Å². The number of pyridine rings is 1. The van der Waals surface area contributed by atoms with E-state index < -0.39 is 5.83 Å². The van der Waals surface area contributed by atoms with Gasteiger partial charge in [-0.2, -0.15) is 10.4 Å². The molecule has 3 aliphatic rings. The number of nitriles is 1. The summed E-state index contributed by atoms with van der Waals surface area (Å²) in [5.74, 6) is -0.709. The third-order valence-electron chi connectivity index (χ3n) is 8.27. The summed E-state index contributed by atoms with van der Waals surface area (Å²) < 4.78 is 30.1. The number of hydrogen-bond acceptors (Lipinski definition) is 6. The van der Waals surface area contributed by atoms with E-state index in [0.29, 0.717) is 24.9 Å². The highest BCUT2D eigenvalue weighted by molar-refractivity contribution is 5.88. The molecule has 2 aliphatic heterocycles. The lowest BCUT2D eigenvalue weighted by molar-refractivity contribution is 0.150. The predicted octanol–water partition coefficient (Wildman–Crippen LogP) is 4.92. The van der Waals surface area contributed by atoms with Gasteiger partial charge in [0.05, 0.1) is 17.3 Å². The van der Waals surface area contributed by atoms with Crippen molar-refractivity contribution < 1.29 is 8.78 Å². The molecule has 1 saturated heterocycles. The molecular weight excluding hydrogens is 520 g/mol. The molecule has 4 heterocycles. The maximum Gasteiger partial charge on any atom is 0.126 e. The molecule has 0 spiro atoms. The molecule has 1 aliphatic carbocycles. The zero-order chi connectivity index (χ0) is 28.8. The molecule has 1 N–H and O–H groups in total. The smallest absolute Gasteiger partial charge is 0.126 e. The van der Waals surface area contributed by atoms with Crippen LogP contribution in [0.5, 0.6) is 0 Å². The van der Waals surface area contributed by atoms with Gasteiger partial charge >= 0.3 is 0 Å². The summed E-state index contributed by atoms with van der Waals surface area (Å²) in [5.41, 5.74) is 5.93. The number of hydrogen-bond donors (Lipinski definition) is 1. The number of halogens is 2. The van der Waals surface area contributed by atoms with Crippen LogP contribution in [0.2, 0.25) is 0 Å². The summed E-state index contributed by atoms with van der Waals surface area (Å²) in [5, 5.41) is 17.5. The lowest BCUT2D eigenvalue weighted by Crippen LogP contribution is -2.46. The van der Waals surface area contributed by atoms with E-state index in [1.807, 2.05) is 24.0 Å². The van der Waals surface area contributed by atoms with E-state index in [4.69, 9.17) is 0 Å². The molecule has 5 rings (SSSR count). The van der Waals surface area contributed by atoms with Gasteiger partial charge in [-0.3, -0.25) is 14.7 Å². The van der Waals surface area contributed by atoms with Crippen molar-refractivity contribution in [2.45, 2.75) is 26.2 Å². The normalized spacial score (nSPS) is 20.0. The lowest BCUT2D eigenvalue weighted by atomic mass is 9.96. The van der Waals surface area contributed by atoms with Gasteiger partial charge in [0.1, 0.15) is 17.7 Å². The van der Waals surface area contributed by atoms with Gasteiger partial charge < -0.3 is 5.32 Å². The van der Waals surface area contributed by atoms with Gasteiger partial charge in [0.15, 0.2) is 0 Å². The van der Waals surface area contributed by atoms with Crippen LogP contribution in [-0.2, 0) is 0 Å². The van der Waals surface area contributed by atoms with Crippen LogP contribution in [0.15, 0.2) is 66.2 Å². The van der Waals surface area contributed by atoms with Crippen LogP contribution in [-0.4, -0.2) is 90.3 Å². The van der Waals surface area contributed by atoms with Crippen LogP contribution < -0.4 is 5.32 Å². The van der Waals surface area contributed by atoms with Gasteiger partial charge in [-0.25, -0.2) is 13.3 Å². The molecule has 1 fully saturated rings. The lowest BCUT2D eigenvalue weighted by Gasteiger charge is -2.34. The summed E-state index contributed by atoms with van der Waals surface area (Å²) in [6.45, 7) is 9.50. The molecule has 9 heteroatoms. The first-order chi connectivity index (χ1) is 20.0. The minimum absolute atomic E-state index is 0.225. The quantitative estimate of drug-likeness (QED) is 0.440. The maximum absolute atomic E-state index is 14.2. The van der Waals surface area contributed by atoms with Crippen molar-refractivity contribution in [3.63, 3.8) is 0 Å². The fraction of sp³-hybridized carbons (Fsp3) is 0.438. The summed E-state index contributed by atoms with van der Waals surface area (Å²) in [6.07, 6.45) is 15.4. The van der Waals surface area contributed by atoms with Crippen molar-refractivity contribution in [1.29, 1.82) is 5.26 Å². The second-order valence-corrected chi connectivity index (χ2v) is 10.8. The fourth-order valence-electron chi connectivity index (χ4n) is 5.80. The Kier molecular flexibility index (Phi) is 9.45. The first kappa shape index (κ1) is 28.9. The molecule has 7 nitrogen and oxygen atoms in total. The minimum Gasteiger partial charge on any atom is -0.393 e. The predicted molar refractivity (Wildman–Crippen MR) is 160 cm³/mol. The van der Waals surface area contributed by atoms with Gasteiger partial charge in [-0.05, 0) is 48.2 Å². The van der Waals surface area contributed by atoms with E-state index in [2.05, 4.69) is 62.4 Å². The number of allylic oxidation sites excluding steroid dienone is 4. The topological polar surface area (TPSA) is 62.8 Å². The molecule has 216 valence electrons.